The molecule has 2 heterocycles. The number of alkyl halides is 3. The average Bonchev–Trinajstić information content (AvgIpc) is 2.91. The SMILES string of the molecule is CC#CCC1(C(F)(F)F)OC(=O)Nc2ccc3c(c21)OCO3. The molecule has 1 unspecified atom stereocenters. The van der Waals surface area contributed by atoms with Crippen molar-refractivity contribution in [3.8, 4) is 23.3 Å². The third-order valence-electron chi connectivity index (χ3n) is 3.42. The lowest BCUT2D eigenvalue weighted by Crippen LogP contribution is -2.50. The van der Waals surface area contributed by atoms with Crippen LogP contribution in [-0.4, -0.2) is 19.1 Å². The summed E-state index contributed by atoms with van der Waals surface area (Å²) in [4.78, 5) is 11.6. The first kappa shape index (κ1) is 14.4. The van der Waals surface area contributed by atoms with Crippen LogP contribution < -0.4 is 14.8 Å². The molecular formula is C14H10F3NO4. The summed E-state index contributed by atoms with van der Waals surface area (Å²) in [6.07, 6.45) is -6.79. The van der Waals surface area contributed by atoms with E-state index in [2.05, 4.69) is 21.9 Å². The van der Waals surface area contributed by atoms with Crippen molar-refractivity contribution >= 4 is 11.8 Å². The second-order valence-corrected chi connectivity index (χ2v) is 4.66. The molecule has 1 N–H and O–H groups in total. The molecule has 3 rings (SSSR count). The number of amides is 1. The number of ether oxygens (including phenoxy) is 3. The van der Waals surface area contributed by atoms with Crippen LogP contribution in [0.15, 0.2) is 12.1 Å². The number of nitrogens with one attached hydrogen (secondary N) is 1. The van der Waals surface area contributed by atoms with E-state index in [-0.39, 0.29) is 29.5 Å². The molecule has 1 atom stereocenters. The van der Waals surface area contributed by atoms with Gasteiger partial charge in [0.1, 0.15) is 0 Å². The zero-order valence-electron chi connectivity index (χ0n) is 11.3. The standard InChI is InChI=1S/C14H10F3NO4/c1-2-3-6-13(14(15,16)17)10-8(18-12(19)22-13)4-5-9-11(10)21-7-20-9/h4-5H,6-7H2,1H3,(H,18,19). The third-order valence-corrected chi connectivity index (χ3v) is 3.42. The van der Waals surface area contributed by atoms with Crippen molar-refractivity contribution in [2.45, 2.75) is 25.1 Å². The van der Waals surface area contributed by atoms with Gasteiger partial charge >= 0.3 is 12.3 Å². The van der Waals surface area contributed by atoms with E-state index < -0.39 is 24.3 Å². The fraction of sp³-hybridized carbons (Fsp3) is 0.357. The zero-order valence-corrected chi connectivity index (χ0v) is 11.3. The number of hydrogen-bond acceptors (Lipinski definition) is 4. The number of rotatable bonds is 1. The van der Waals surface area contributed by atoms with Crippen LogP contribution in [-0.2, 0) is 10.3 Å². The molecule has 0 fully saturated rings. The van der Waals surface area contributed by atoms with Crippen molar-refractivity contribution in [2.75, 3.05) is 12.1 Å². The molecule has 116 valence electrons. The first-order valence-corrected chi connectivity index (χ1v) is 6.28. The van der Waals surface area contributed by atoms with E-state index in [9.17, 15) is 18.0 Å². The molecule has 0 aromatic heterocycles. The van der Waals surface area contributed by atoms with Gasteiger partial charge in [0.25, 0.3) is 0 Å². The predicted molar refractivity (Wildman–Crippen MR) is 68.5 cm³/mol. The Labute approximate surface area is 123 Å². The van der Waals surface area contributed by atoms with Crippen molar-refractivity contribution in [1.29, 1.82) is 0 Å². The summed E-state index contributed by atoms with van der Waals surface area (Å²) in [5, 5.41) is 2.25. The number of hydrogen-bond donors (Lipinski definition) is 1. The van der Waals surface area contributed by atoms with Gasteiger partial charge in [0.15, 0.2) is 11.5 Å². The molecule has 8 heteroatoms. The fourth-order valence-electron chi connectivity index (χ4n) is 2.46. The van der Waals surface area contributed by atoms with Crippen LogP contribution in [0.3, 0.4) is 0 Å². The molecule has 0 spiro atoms. The summed E-state index contributed by atoms with van der Waals surface area (Å²) in [5.41, 5.74) is -3.25. The normalized spacial score (nSPS) is 22.1. The molecule has 1 amide bonds. The Morgan fingerprint density at radius 3 is 2.82 bits per heavy atom. The van der Waals surface area contributed by atoms with Crippen molar-refractivity contribution in [2.24, 2.45) is 0 Å². The molecule has 0 bridgehead atoms. The van der Waals surface area contributed by atoms with Crippen LogP contribution >= 0.6 is 0 Å². The number of fused-ring (bicyclic) bond motifs is 3. The van der Waals surface area contributed by atoms with Crippen molar-refractivity contribution in [1.82, 2.24) is 0 Å². The Hall–Kier alpha value is -2.56. The number of halogens is 3. The molecular weight excluding hydrogens is 303 g/mol. The fourth-order valence-corrected chi connectivity index (χ4v) is 2.46. The molecule has 0 saturated carbocycles. The number of benzene rings is 1. The maximum absolute atomic E-state index is 13.8. The van der Waals surface area contributed by atoms with Gasteiger partial charge in [-0.25, -0.2) is 4.79 Å². The smallest absolute Gasteiger partial charge is 0.434 e. The molecule has 0 saturated heterocycles. The minimum Gasteiger partial charge on any atom is -0.454 e. The first-order valence-electron chi connectivity index (χ1n) is 6.28. The van der Waals surface area contributed by atoms with Gasteiger partial charge in [-0.05, 0) is 19.1 Å². The van der Waals surface area contributed by atoms with E-state index in [0.29, 0.717) is 0 Å². The Balaban J connectivity index is 2.29. The van der Waals surface area contributed by atoms with Crippen LogP contribution in [0.25, 0.3) is 0 Å². The lowest BCUT2D eigenvalue weighted by atomic mass is 9.86. The van der Waals surface area contributed by atoms with Crippen LogP contribution in [0.4, 0.5) is 23.7 Å². The number of carbonyl (C=O) groups excluding carboxylic acids is 1. The second kappa shape index (κ2) is 4.73. The number of anilines is 1. The van der Waals surface area contributed by atoms with E-state index in [0.717, 1.165) is 0 Å². The molecule has 1 aromatic carbocycles. The summed E-state index contributed by atoms with van der Waals surface area (Å²) in [7, 11) is 0. The van der Waals surface area contributed by atoms with Gasteiger partial charge in [-0.3, -0.25) is 5.32 Å². The molecule has 2 aliphatic rings. The number of cyclic esters (lactones) is 1. The summed E-state index contributed by atoms with van der Waals surface area (Å²) >= 11 is 0. The van der Waals surface area contributed by atoms with E-state index in [1.165, 1.54) is 19.1 Å². The predicted octanol–water partition coefficient (Wildman–Crippen LogP) is 3.15. The Kier molecular flexibility index (Phi) is 3.09. The quantitative estimate of drug-likeness (QED) is 0.809. The Morgan fingerprint density at radius 1 is 1.36 bits per heavy atom. The molecule has 1 aromatic rings. The molecule has 2 aliphatic heterocycles. The van der Waals surface area contributed by atoms with Gasteiger partial charge in [0, 0.05) is 0 Å². The summed E-state index contributed by atoms with van der Waals surface area (Å²) < 4.78 is 56.3. The maximum atomic E-state index is 13.8. The van der Waals surface area contributed by atoms with Crippen molar-refractivity contribution in [3.63, 3.8) is 0 Å². The Morgan fingerprint density at radius 2 is 2.14 bits per heavy atom. The van der Waals surface area contributed by atoms with Gasteiger partial charge in [-0.1, -0.05) is 5.92 Å². The van der Waals surface area contributed by atoms with Crippen molar-refractivity contribution in [3.05, 3.63) is 17.7 Å². The van der Waals surface area contributed by atoms with E-state index in [4.69, 9.17) is 9.47 Å². The minimum atomic E-state index is -4.87. The van der Waals surface area contributed by atoms with Crippen molar-refractivity contribution < 1.29 is 32.2 Å². The monoisotopic (exact) mass is 313 g/mol. The van der Waals surface area contributed by atoms with Crippen LogP contribution in [0.5, 0.6) is 11.5 Å². The number of carbonyl (C=O) groups is 1. The van der Waals surface area contributed by atoms with Crippen LogP contribution in [0.2, 0.25) is 0 Å². The average molecular weight is 313 g/mol. The molecule has 5 nitrogen and oxygen atoms in total. The van der Waals surface area contributed by atoms with E-state index in [1.807, 2.05) is 0 Å². The largest absolute Gasteiger partial charge is 0.454 e. The summed E-state index contributed by atoms with van der Waals surface area (Å²) in [5.74, 6) is 4.81. The van der Waals surface area contributed by atoms with E-state index >= 15 is 0 Å². The van der Waals surface area contributed by atoms with E-state index in [1.54, 1.807) is 0 Å². The molecule has 0 radical (unpaired) electrons. The third kappa shape index (κ3) is 1.93. The van der Waals surface area contributed by atoms with Gasteiger partial charge in [0.2, 0.25) is 12.4 Å². The molecule has 22 heavy (non-hydrogen) atoms. The zero-order chi connectivity index (χ0) is 16.0. The highest BCUT2D eigenvalue weighted by Crippen LogP contribution is 2.55. The highest BCUT2D eigenvalue weighted by molar-refractivity contribution is 5.90. The van der Waals surface area contributed by atoms with Gasteiger partial charge in [-0.2, -0.15) is 13.2 Å². The Bertz CT molecular complexity index is 705. The van der Waals surface area contributed by atoms with Crippen LogP contribution in [0, 0.1) is 11.8 Å². The van der Waals surface area contributed by atoms with Crippen LogP contribution in [0.1, 0.15) is 18.9 Å². The maximum Gasteiger partial charge on any atom is 0.434 e. The van der Waals surface area contributed by atoms with Gasteiger partial charge < -0.3 is 14.2 Å². The minimum absolute atomic E-state index is 0.0317. The lowest BCUT2D eigenvalue weighted by molar-refractivity contribution is -0.263. The lowest BCUT2D eigenvalue weighted by Gasteiger charge is -2.38. The summed E-state index contributed by atoms with van der Waals surface area (Å²) in [6, 6.07) is 2.75. The first-order chi connectivity index (χ1) is 10.4. The topological polar surface area (TPSA) is 56.8 Å². The van der Waals surface area contributed by atoms with Gasteiger partial charge in [0.05, 0.1) is 17.7 Å². The highest BCUT2D eigenvalue weighted by atomic mass is 19.4. The molecule has 0 aliphatic carbocycles. The summed E-state index contributed by atoms with van der Waals surface area (Å²) in [6.45, 7) is 1.20. The highest BCUT2D eigenvalue weighted by Gasteiger charge is 2.63. The van der Waals surface area contributed by atoms with Gasteiger partial charge in [-0.15, -0.1) is 5.92 Å². The second-order valence-electron chi connectivity index (χ2n) is 4.66.